The highest BCUT2D eigenvalue weighted by molar-refractivity contribution is 8.45. The number of halogens is 7. The number of aromatic nitrogens is 2. The second-order valence-corrected chi connectivity index (χ2v) is 10.2. The number of anilines is 1. The third-order valence-electron chi connectivity index (χ3n) is 4.81. The Labute approximate surface area is 187 Å². The van der Waals surface area contributed by atoms with Gasteiger partial charge in [0, 0.05) is 6.54 Å². The molecule has 0 saturated heterocycles. The van der Waals surface area contributed by atoms with Crippen LogP contribution in [-0.4, -0.2) is 27.4 Å². The molecular formula is C17H12Cl2F5N5O2S. The van der Waals surface area contributed by atoms with Crippen molar-refractivity contribution < 1.29 is 29.3 Å². The number of nitriles is 2. The minimum absolute atomic E-state index is 0.0130. The normalized spacial score (nSPS) is 16.9. The van der Waals surface area contributed by atoms with Crippen LogP contribution in [0.3, 0.4) is 0 Å². The molecule has 3 rings (SSSR count). The zero-order chi connectivity index (χ0) is 24.2. The van der Waals surface area contributed by atoms with E-state index >= 15 is 0 Å². The number of carbonyl (C=O) groups is 1. The molecule has 1 heterocycles. The highest BCUT2D eigenvalue weighted by Gasteiger charge is 2.65. The van der Waals surface area contributed by atoms with Crippen molar-refractivity contribution in [2.45, 2.75) is 29.6 Å². The van der Waals surface area contributed by atoms with Crippen LogP contribution in [0.4, 0.5) is 25.2 Å². The highest BCUT2D eigenvalue weighted by atomic mass is 35.5. The third-order valence-corrected chi connectivity index (χ3v) is 6.51. The molecule has 0 radical (unpaired) electrons. The zero-order valence-corrected chi connectivity index (χ0v) is 18.0. The van der Waals surface area contributed by atoms with Crippen molar-refractivity contribution in [3.05, 3.63) is 33.4 Å². The van der Waals surface area contributed by atoms with Crippen LogP contribution >= 0.6 is 33.4 Å². The molecule has 0 spiro atoms. The van der Waals surface area contributed by atoms with Crippen LogP contribution in [0.2, 0.25) is 10.0 Å². The Hall–Kier alpha value is -2.74. The van der Waals surface area contributed by atoms with E-state index in [0.29, 0.717) is 0 Å². The van der Waals surface area contributed by atoms with Gasteiger partial charge in [-0.25, -0.2) is 4.68 Å². The van der Waals surface area contributed by atoms with Gasteiger partial charge in [-0.2, -0.15) is 15.6 Å². The van der Waals surface area contributed by atoms with Crippen LogP contribution in [-0.2, 0) is 10.2 Å². The topological polar surface area (TPSA) is 115 Å². The summed E-state index contributed by atoms with van der Waals surface area (Å²) in [7, 11) is -10.1. The van der Waals surface area contributed by atoms with Gasteiger partial charge in [-0.1, -0.05) is 42.6 Å². The first-order valence-electron chi connectivity index (χ1n) is 8.67. The lowest BCUT2D eigenvalue weighted by Gasteiger charge is -2.40. The van der Waals surface area contributed by atoms with Crippen LogP contribution in [0.25, 0.3) is 5.69 Å². The van der Waals surface area contributed by atoms with E-state index in [2.05, 4.69) is 10.4 Å². The van der Waals surface area contributed by atoms with Gasteiger partial charge >= 0.3 is 16.2 Å². The molecule has 2 N–H and O–H groups in total. The van der Waals surface area contributed by atoms with Crippen molar-refractivity contribution in [3.63, 3.8) is 0 Å². The predicted octanol–water partition coefficient (Wildman–Crippen LogP) is 6.15. The van der Waals surface area contributed by atoms with Crippen molar-refractivity contribution >= 4 is 45.2 Å². The molecule has 1 fully saturated rings. The van der Waals surface area contributed by atoms with Crippen LogP contribution < -0.4 is 5.32 Å². The Bertz CT molecular complexity index is 1210. The van der Waals surface area contributed by atoms with Crippen LogP contribution in [0.15, 0.2) is 17.0 Å². The fraction of sp³-hybridized carbons (Fsp3) is 0.294. The third kappa shape index (κ3) is 4.16. The lowest BCUT2D eigenvalue weighted by atomic mass is 9.95. The average Bonchev–Trinajstić information content (AvgIpc) is 3.37. The number of benzene rings is 1. The number of rotatable bonds is 7. The molecule has 1 aromatic carbocycles. The van der Waals surface area contributed by atoms with E-state index < -0.39 is 42.2 Å². The summed E-state index contributed by atoms with van der Waals surface area (Å²) in [5, 5.41) is 32.9. The van der Waals surface area contributed by atoms with Gasteiger partial charge < -0.3 is 10.4 Å². The van der Waals surface area contributed by atoms with Gasteiger partial charge in [0.2, 0.25) is 0 Å². The molecule has 2 aromatic rings. The monoisotopic (exact) mass is 515 g/mol. The van der Waals surface area contributed by atoms with E-state index in [0.717, 1.165) is 4.68 Å². The largest absolute Gasteiger partial charge is 0.481 e. The summed E-state index contributed by atoms with van der Waals surface area (Å²) < 4.78 is 66.9. The van der Waals surface area contributed by atoms with Crippen molar-refractivity contribution in [3.8, 4) is 17.8 Å². The Morgan fingerprint density at radius 2 is 1.78 bits per heavy atom. The van der Waals surface area contributed by atoms with E-state index in [4.69, 9.17) is 28.5 Å². The van der Waals surface area contributed by atoms with Gasteiger partial charge in [0.15, 0.2) is 5.69 Å². The molecule has 1 aromatic heterocycles. The Balaban J connectivity index is 2.30. The summed E-state index contributed by atoms with van der Waals surface area (Å²) in [6.45, 7) is -0.0471. The van der Waals surface area contributed by atoms with Gasteiger partial charge in [0.1, 0.15) is 22.5 Å². The Morgan fingerprint density at radius 1 is 1.22 bits per heavy atom. The minimum atomic E-state index is -10.1. The summed E-state index contributed by atoms with van der Waals surface area (Å²) in [5.41, 5.74) is -2.38. The molecular weight excluding hydrogens is 504 g/mol. The van der Waals surface area contributed by atoms with Crippen molar-refractivity contribution in [2.24, 2.45) is 0 Å². The van der Waals surface area contributed by atoms with Gasteiger partial charge in [-0.15, -0.1) is 0 Å². The number of carboxylic acids is 1. The van der Waals surface area contributed by atoms with E-state index in [-0.39, 0.29) is 55.0 Å². The maximum Gasteiger partial charge on any atom is 0.314 e. The average molecular weight is 516 g/mol. The van der Waals surface area contributed by atoms with Crippen LogP contribution in [0.1, 0.15) is 30.5 Å². The molecule has 0 aliphatic heterocycles. The van der Waals surface area contributed by atoms with Gasteiger partial charge in [-0.05, 0) is 25.0 Å². The molecule has 7 nitrogen and oxygen atoms in total. The lowest BCUT2D eigenvalue weighted by Crippen LogP contribution is -2.22. The SMILES string of the molecule is N#CCCNc1c(C2(C(=O)O)CC2)c(C#N)nn1-c1c(Cl)cc(S(F)(F)(F)(F)F)cc1Cl. The molecule has 0 bridgehead atoms. The maximum atomic E-state index is 13.2. The summed E-state index contributed by atoms with van der Waals surface area (Å²) in [5.74, 6) is -1.40. The fourth-order valence-corrected chi connectivity index (χ4v) is 4.63. The molecule has 1 aliphatic carbocycles. The van der Waals surface area contributed by atoms with E-state index in [9.17, 15) is 34.6 Å². The van der Waals surface area contributed by atoms with Crippen molar-refractivity contribution in [2.75, 3.05) is 11.9 Å². The van der Waals surface area contributed by atoms with Crippen molar-refractivity contribution in [1.82, 2.24) is 9.78 Å². The van der Waals surface area contributed by atoms with E-state index in [1.54, 1.807) is 6.07 Å². The second-order valence-electron chi connectivity index (χ2n) is 7.02. The number of nitrogens with zero attached hydrogens (tertiary/aromatic N) is 4. The summed E-state index contributed by atoms with van der Waals surface area (Å²) in [6.07, 6.45) is 0.248. The fourth-order valence-electron chi connectivity index (χ4n) is 3.17. The summed E-state index contributed by atoms with van der Waals surface area (Å²) in [6, 6.07) is 3.54. The number of nitrogens with one attached hydrogen (secondary N) is 1. The first kappa shape index (κ1) is 23.9. The van der Waals surface area contributed by atoms with Gasteiger partial charge in [0.25, 0.3) is 0 Å². The molecule has 0 atom stereocenters. The lowest BCUT2D eigenvalue weighted by molar-refractivity contribution is -0.140. The first-order valence-corrected chi connectivity index (χ1v) is 11.4. The van der Waals surface area contributed by atoms with Gasteiger partial charge in [-0.3, -0.25) is 4.79 Å². The molecule has 0 unspecified atom stereocenters. The summed E-state index contributed by atoms with van der Waals surface area (Å²) >= 11 is 11.8. The zero-order valence-electron chi connectivity index (χ0n) is 15.7. The minimum Gasteiger partial charge on any atom is -0.481 e. The maximum absolute atomic E-state index is 13.2. The molecule has 32 heavy (non-hydrogen) atoms. The molecule has 0 amide bonds. The predicted molar refractivity (Wildman–Crippen MR) is 107 cm³/mol. The summed E-state index contributed by atoms with van der Waals surface area (Å²) in [4.78, 5) is 9.54. The quantitative estimate of drug-likeness (QED) is 0.337. The van der Waals surface area contributed by atoms with E-state index in [1.807, 2.05) is 6.07 Å². The highest BCUT2D eigenvalue weighted by Crippen LogP contribution is 3.02. The van der Waals surface area contributed by atoms with Crippen LogP contribution in [0, 0.1) is 22.7 Å². The number of aliphatic carboxylic acids is 1. The molecule has 1 aliphatic rings. The van der Waals surface area contributed by atoms with Crippen molar-refractivity contribution in [1.29, 1.82) is 10.5 Å². The molecule has 172 valence electrons. The van der Waals surface area contributed by atoms with Crippen LogP contribution in [0.5, 0.6) is 0 Å². The Kier molecular flexibility index (Phi) is 5.14. The number of hydrogen-bond donors (Lipinski definition) is 2. The first-order chi connectivity index (χ1) is 14.6. The smallest absolute Gasteiger partial charge is 0.314 e. The molecule has 15 heteroatoms. The van der Waals surface area contributed by atoms with Gasteiger partial charge in [0.05, 0.1) is 33.5 Å². The molecule has 1 saturated carbocycles. The number of hydrogen-bond acceptors (Lipinski definition) is 5. The second kappa shape index (κ2) is 6.88. The number of carboxylic acid groups (broad SMARTS) is 1. The van der Waals surface area contributed by atoms with E-state index in [1.165, 1.54) is 0 Å². The standard InChI is InChI=1S/C17H12Cl2F5N5O2S/c18-10-6-9(32(20,21,22,23)24)7-11(19)14(10)29-15(27-5-1-4-25)13(12(8-26)28-29)17(2-3-17)16(30)31/h6-7,27H,1-3,5H2,(H,30,31). The Morgan fingerprint density at radius 3 is 2.19 bits per heavy atom.